The highest BCUT2D eigenvalue weighted by atomic mass is 35.5. The highest BCUT2D eigenvalue weighted by Gasteiger charge is 2.19. The third-order valence-corrected chi connectivity index (χ3v) is 7.12. The Kier molecular flexibility index (Phi) is 9.73. The van der Waals surface area contributed by atoms with E-state index in [1.165, 1.54) is 84.1 Å². The average Bonchev–Trinajstić information content (AvgIpc) is 2.72. The van der Waals surface area contributed by atoms with E-state index in [4.69, 9.17) is 27.9 Å². The summed E-state index contributed by atoms with van der Waals surface area (Å²) in [5.41, 5.74) is 0. The molecule has 2 aliphatic rings. The van der Waals surface area contributed by atoms with Crippen LogP contribution in [0.25, 0.3) is 0 Å². The Morgan fingerprint density at radius 2 is 1.82 bits per heavy atom. The minimum atomic E-state index is 0.558. The van der Waals surface area contributed by atoms with E-state index in [2.05, 4.69) is 10.2 Å². The minimum absolute atomic E-state index is 0.558. The molecule has 2 saturated heterocycles. The van der Waals surface area contributed by atoms with Gasteiger partial charge < -0.3 is 15.0 Å². The fourth-order valence-corrected chi connectivity index (χ4v) is 4.81. The van der Waals surface area contributed by atoms with Crippen LogP contribution in [0.2, 0.25) is 10.0 Å². The number of benzene rings is 1. The predicted octanol–water partition coefficient (Wildman–Crippen LogP) is 6.03. The molecule has 1 N–H and O–H groups in total. The highest BCUT2D eigenvalue weighted by molar-refractivity contribution is 6.42. The second-order valence-electron chi connectivity index (χ2n) is 8.56. The Balaban J connectivity index is 1.20. The van der Waals surface area contributed by atoms with E-state index in [9.17, 15) is 0 Å². The number of nitrogens with one attached hydrogen (secondary N) is 1. The molecule has 0 spiro atoms. The summed E-state index contributed by atoms with van der Waals surface area (Å²) < 4.78 is 5.85. The molecule has 1 unspecified atom stereocenters. The maximum atomic E-state index is 6.04. The molecule has 0 amide bonds. The van der Waals surface area contributed by atoms with Crippen molar-refractivity contribution < 1.29 is 4.74 Å². The van der Waals surface area contributed by atoms with Crippen molar-refractivity contribution in [3.05, 3.63) is 28.2 Å². The predicted molar refractivity (Wildman–Crippen MR) is 120 cm³/mol. The van der Waals surface area contributed by atoms with Gasteiger partial charge in [-0.2, -0.15) is 0 Å². The molecule has 1 atom stereocenters. The van der Waals surface area contributed by atoms with Gasteiger partial charge in [0, 0.05) is 6.07 Å². The molecular weight excluding hydrogens is 391 g/mol. The van der Waals surface area contributed by atoms with Crippen molar-refractivity contribution in [3.63, 3.8) is 0 Å². The third-order valence-electron chi connectivity index (χ3n) is 6.38. The summed E-state index contributed by atoms with van der Waals surface area (Å²) in [4.78, 5) is 2.67. The van der Waals surface area contributed by atoms with Gasteiger partial charge >= 0.3 is 0 Å². The van der Waals surface area contributed by atoms with Crippen LogP contribution in [0.4, 0.5) is 0 Å². The van der Waals surface area contributed by atoms with Crippen LogP contribution < -0.4 is 10.1 Å². The van der Waals surface area contributed by atoms with E-state index in [1.54, 1.807) is 12.1 Å². The first-order valence-electron chi connectivity index (χ1n) is 11.2. The summed E-state index contributed by atoms with van der Waals surface area (Å²) in [6.07, 6.45) is 12.1. The number of hydrogen-bond donors (Lipinski definition) is 1. The lowest BCUT2D eigenvalue weighted by molar-refractivity contribution is 0.161. The van der Waals surface area contributed by atoms with Crippen LogP contribution >= 0.6 is 23.2 Å². The number of nitrogens with zero attached hydrogens (tertiary/aromatic N) is 1. The van der Waals surface area contributed by atoms with Crippen LogP contribution in [-0.4, -0.2) is 44.2 Å². The summed E-state index contributed by atoms with van der Waals surface area (Å²) in [6, 6.07) is 5.49. The van der Waals surface area contributed by atoms with E-state index >= 15 is 0 Å². The van der Waals surface area contributed by atoms with Crippen LogP contribution in [-0.2, 0) is 0 Å². The molecule has 0 saturated carbocycles. The second kappa shape index (κ2) is 12.3. The molecule has 158 valence electrons. The van der Waals surface area contributed by atoms with Crippen LogP contribution in [0.1, 0.15) is 57.8 Å². The zero-order chi connectivity index (χ0) is 19.6. The largest absolute Gasteiger partial charge is 0.494 e. The van der Waals surface area contributed by atoms with Gasteiger partial charge in [-0.3, -0.25) is 0 Å². The molecule has 1 aromatic carbocycles. The molecule has 0 radical (unpaired) electrons. The Hall–Kier alpha value is -0.480. The number of ether oxygens (including phenoxy) is 1. The average molecular weight is 427 g/mol. The first kappa shape index (κ1) is 22.2. The van der Waals surface area contributed by atoms with E-state index in [0.717, 1.165) is 30.6 Å². The lowest BCUT2D eigenvalue weighted by atomic mass is 9.93. The second-order valence-corrected chi connectivity index (χ2v) is 9.37. The summed E-state index contributed by atoms with van der Waals surface area (Å²) in [5, 5.41) is 4.67. The normalized spacial score (nSPS) is 21.7. The molecule has 2 fully saturated rings. The van der Waals surface area contributed by atoms with Gasteiger partial charge in [0.25, 0.3) is 0 Å². The Bertz CT molecular complexity index is 570. The fourth-order valence-electron chi connectivity index (χ4n) is 4.52. The molecule has 2 heterocycles. The number of hydrogen-bond acceptors (Lipinski definition) is 3. The van der Waals surface area contributed by atoms with E-state index in [-0.39, 0.29) is 0 Å². The lowest BCUT2D eigenvalue weighted by Crippen LogP contribution is -2.34. The standard InChI is InChI=1S/C23H36Cl2N2O/c24-22-8-7-21(17-23(22)25)28-16-11-19-9-14-27(15-10-19)13-3-1-2-5-20-6-4-12-26-18-20/h7-8,17,19-20,26H,1-6,9-16,18H2. The van der Waals surface area contributed by atoms with Crippen LogP contribution in [0.15, 0.2) is 18.2 Å². The molecule has 28 heavy (non-hydrogen) atoms. The van der Waals surface area contributed by atoms with Gasteiger partial charge in [0.15, 0.2) is 0 Å². The van der Waals surface area contributed by atoms with Gasteiger partial charge in [0.2, 0.25) is 0 Å². The highest BCUT2D eigenvalue weighted by Crippen LogP contribution is 2.27. The smallest absolute Gasteiger partial charge is 0.120 e. The monoisotopic (exact) mass is 426 g/mol. The zero-order valence-electron chi connectivity index (χ0n) is 17.1. The molecule has 3 nitrogen and oxygen atoms in total. The molecular formula is C23H36Cl2N2O. The molecule has 3 rings (SSSR count). The van der Waals surface area contributed by atoms with Gasteiger partial charge in [-0.25, -0.2) is 0 Å². The molecule has 0 bridgehead atoms. The summed E-state index contributed by atoms with van der Waals surface area (Å²) in [6.45, 7) is 7.04. The summed E-state index contributed by atoms with van der Waals surface area (Å²) >= 11 is 12.0. The Morgan fingerprint density at radius 3 is 2.57 bits per heavy atom. The molecule has 0 aromatic heterocycles. The van der Waals surface area contributed by atoms with Crippen LogP contribution in [0.5, 0.6) is 5.75 Å². The third kappa shape index (κ3) is 7.74. The van der Waals surface area contributed by atoms with Crippen molar-refractivity contribution in [2.45, 2.75) is 57.8 Å². The number of halogens is 2. The summed E-state index contributed by atoms with van der Waals surface area (Å²) in [7, 11) is 0. The number of likely N-dealkylation sites (tertiary alicyclic amines) is 1. The lowest BCUT2D eigenvalue weighted by Gasteiger charge is -2.32. The summed E-state index contributed by atoms with van der Waals surface area (Å²) in [5.74, 6) is 2.55. The Labute approximate surface area is 181 Å². The number of unbranched alkanes of at least 4 members (excludes halogenated alkanes) is 2. The molecule has 2 aliphatic heterocycles. The van der Waals surface area contributed by atoms with Crippen molar-refractivity contribution >= 4 is 23.2 Å². The Morgan fingerprint density at radius 1 is 0.964 bits per heavy atom. The van der Waals surface area contributed by atoms with Gasteiger partial charge in [-0.05, 0) is 102 Å². The van der Waals surface area contributed by atoms with Crippen molar-refractivity contribution in [1.29, 1.82) is 0 Å². The molecule has 0 aliphatic carbocycles. The van der Waals surface area contributed by atoms with Crippen LogP contribution in [0.3, 0.4) is 0 Å². The fraction of sp³-hybridized carbons (Fsp3) is 0.739. The molecule has 5 heteroatoms. The van der Waals surface area contributed by atoms with Gasteiger partial charge in [-0.1, -0.05) is 36.0 Å². The van der Waals surface area contributed by atoms with Crippen molar-refractivity contribution in [1.82, 2.24) is 10.2 Å². The van der Waals surface area contributed by atoms with Gasteiger partial charge in [0.05, 0.1) is 16.7 Å². The first-order chi connectivity index (χ1) is 13.7. The van der Waals surface area contributed by atoms with Crippen molar-refractivity contribution in [3.8, 4) is 5.75 Å². The molecule has 1 aromatic rings. The maximum absolute atomic E-state index is 6.04. The quantitative estimate of drug-likeness (QED) is 0.461. The van der Waals surface area contributed by atoms with E-state index in [1.807, 2.05) is 6.07 Å². The number of rotatable bonds is 10. The minimum Gasteiger partial charge on any atom is -0.494 e. The number of piperidine rings is 2. The van der Waals surface area contributed by atoms with Gasteiger partial charge in [0.1, 0.15) is 5.75 Å². The van der Waals surface area contributed by atoms with Crippen molar-refractivity contribution in [2.75, 3.05) is 39.3 Å². The van der Waals surface area contributed by atoms with Crippen LogP contribution in [0, 0.1) is 11.8 Å². The maximum Gasteiger partial charge on any atom is 0.120 e. The van der Waals surface area contributed by atoms with E-state index < -0.39 is 0 Å². The van der Waals surface area contributed by atoms with Crippen molar-refractivity contribution in [2.24, 2.45) is 11.8 Å². The zero-order valence-corrected chi connectivity index (χ0v) is 18.6. The topological polar surface area (TPSA) is 24.5 Å². The SMILES string of the molecule is Clc1ccc(OCCC2CCN(CCCCCC3CCCNC3)CC2)cc1Cl. The first-order valence-corrected chi connectivity index (χ1v) is 12.0. The van der Waals surface area contributed by atoms with E-state index in [0.29, 0.717) is 10.0 Å². The van der Waals surface area contributed by atoms with Gasteiger partial charge in [-0.15, -0.1) is 0 Å².